The summed E-state index contributed by atoms with van der Waals surface area (Å²) in [5, 5.41) is 0. The van der Waals surface area contributed by atoms with E-state index in [1.54, 1.807) is 0 Å². The fourth-order valence-corrected chi connectivity index (χ4v) is 23.7. The molecule has 0 saturated carbocycles. The maximum absolute atomic E-state index is 4.12. The van der Waals surface area contributed by atoms with E-state index in [2.05, 4.69) is 133 Å². The van der Waals surface area contributed by atoms with Crippen molar-refractivity contribution in [1.82, 2.24) is 9.13 Å². The third-order valence-corrected chi connectivity index (χ3v) is 22.6. The maximum Gasteiger partial charge on any atom is -1.00 e. The van der Waals surface area contributed by atoms with Crippen molar-refractivity contribution >= 4 is 19.1 Å². The minimum atomic E-state index is -1.94. The van der Waals surface area contributed by atoms with Gasteiger partial charge in [-0.3, -0.25) is 0 Å². The molecule has 2 aromatic rings. The Morgan fingerprint density at radius 3 is 1.36 bits per heavy atom. The van der Waals surface area contributed by atoms with Crippen LogP contribution in [0.1, 0.15) is 30.7 Å². The Morgan fingerprint density at radius 2 is 1.00 bits per heavy atom. The van der Waals surface area contributed by atoms with Gasteiger partial charge in [0.25, 0.3) is 0 Å². The van der Waals surface area contributed by atoms with Gasteiger partial charge in [-0.15, -0.1) is 0 Å². The van der Waals surface area contributed by atoms with Crippen LogP contribution in [-0.2, 0) is 17.1 Å². The Bertz CT molecular complexity index is 1010. The average molecular weight is 570 g/mol. The first-order chi connectivity index (χ1) is 16.7. The number of hydrogen-bond donors (Lipinski definition) is 0. The van der Waals surface area contributed by atoms with Crippen LogP contribution in [0.3, 0.4) is 0 Å². The van der Waals surface area contributed by atoms with Gasteiger partial charge in [-0.25, -0.2) is 0 Å². The van der Waals surface area contributed by atoms with Crippen LogP contribution in [0.4, 0.5) is 0 Å². The third-order valence-electron chi connectivity index (χ3n) is 6.76. The molecule has 2 aliphatic carbocycles. The molecule has 0 spiro atoms. The largest absolute Gasteiger partial charge is 1.00 e. The van der Waals surface area contributed by atoms with Crippen molar-refractivity contribution in [3.8, 4) is 0 Å². The minimum absolute atomic E-state index is 0. The first kappa shape index (κ1) is 30.5. The molecule has 0 amide bonds. The van der Waals surface area contributed by atoms with Gasteiger partial charge in [0.1, 0.15) is 0 Å². The number of allylic oxidation sites excluding steroid dienone is 2. The molecule has 0 aliphatic heterocycles. The summed E-state index contributed by atoms with van der Waals surface area (Å²) in [5.74, 6) is 0. The van der Waals surface area contributed by atoms with E-state index in [0.29, 0.717) is 8.45 Å². The van der Waals surface area contributed by atoms with Crippen LogP contribution in [0.25, 0.3) is 12.2 Å². The Kier molecular flexibility index (Phi) is 12.6. The first-order valence-corrected chi connectivity index (χ1v) is 18.2. The normalized spacial score (nSPS) is 16.8. The number of rotatable bonds is 13. The smallest absolute Gasteiger partial charge is 1.00 e. The van der Waals surface area contributed by atoms with Gasteiger partial charge in [-0.1, -0.05) is 0 Å². The molecule has 0 N–H and O–H groups in total. The molecule has 0 radical (unpaired) electrons. The van der Waals surface area contributed by atoms with Crippen LogP contribution >= 0.6 is 0 Å². The molecule has 4 rings (SSSR count). The average Bonchev–Trinajstić information content (AvgIpc) is 3.47. The zero-order valence-electron chi connectivity index (χ0n) is 20.8. The van der Waals surface area contributed by atoms with Gasteiger partial charge >= 0.3 is 214 Å². The van der Waals surface area contributed by atoms with Crippen molar-refractivity contribution in [1.29, 1.82) is 0 Å². The van der Waals surface area contributed by atoms with Crippen LogP contribution in [-0.4, -0.2) is 42.3 Å². The molecule has 0 bridgehead atoms. The van der Waals surface area contributed by atoms with Crippen molar-refractivity contribution < 1.29 is 41.9 Å². The van der Waals surface area contributed by atoms with Crippen LogP contribution in [0.15, 0.2) is 111 Å². The molecule has 0 saturated heterocycles. The Hall–Kier alpha value is -1.69. The molecule has 0 fully saturated rings. The van der Waals surface area contributed by atoms with Gasteiger partial charge in [0.15, 0.2) is 0 Å². The number of halogens is 2. The predicted octanol–water partition coefficient (Wildman–Crippen LogP) is 0.214. The van der Waals surface area contributed by atoms with E-state index in [0.717, 1.165) is 26.2 Å². The zero-order valence-corrected chi connectivity index (χ0v) is 25.0. The van der Waals surface area contributed by atoms with Gasteiger partial charge < -0.3 is 24.8 Å². The summed E-state index contributed by atoms with van der Waals surface area (Å²) in [7, 11) is 0. The van der Waals surface area contributed by atoms with E-state index in [-0.39, 0.29) is 24.8 Å². The fourth-order valence-electron chi connectivity index (χ4n) is 5.46. The fraction of sp³-hybridized carbons (Fsp3) is 0.200. The third kappa shape index (κ3) is 6.41. The number of nitrogens with zero attached hydrogens (tertiary/aromatic N) is 2. The van der Waals surface area contributed by atoms with E-state index < -0.39 is 24.1 Å². The molecule has 36 heavy (non-hydrogen) atoms. The number of fused-ring (bicyclic) bond motifs is 2. The monoisotopic (exact) mass is 569 g/mol. The standard InChI is InChI=1S/C12H21N2Si.2C9H7.2ClH.Ti/c1-5-9-13(10-6-2)15-14(11-7-3)12-8-4;2*1-2-5-9-7-3-6-8(9)4-1;;;/h5-8,15H,1-4,9-12H2;2*1-7H;2*1H;/q;;;;;+2/p-2. The zero-order chi connectivity index (χ0) is 23.9. The summed E-state index contributed by atoms with van der Waals surface area (Å²) in [6, 6.07) is 18.0. The SMILES string of the molecule is C=CCN(CC=C)[SiH](N(CC=C)CC=C)[Ti+2]([CH]1C=Cc2ccccc21)[CH]1C=Cc2ccccc21.[Cl-].[Cl-]. The van der Waals surface area contributed by atoms with Crippen molar-refractivity contribution in [3.63, 3.8) is 0 Å². The van der Waals surface area contributed by atoms with Crippen LogP contribution in [0.5, 0.6) is 0 Å². The van der Waals surface area contributed by atoms with Crippen LogP contribution in [0.2, 0.25) is 0 Å². The van der Waals surface area contributed by atoms with E-state index in [1.807, 2.05) is 0 Å². The molecule has 2 aliphatic rings. The summed E-state index contributed by atoms with van der Waals surface area (Å²) >= 11 is -1.94. The summed E-state index contributed by atoms with van der Waals surface area (Å²) < 4.78 is 6.46. The quantitative estimate of drug-likeness (QED) is 0.251. The molecule has 0 aromatic heterocycles. The van der Waals surface area contributed by atoms with Crippen molar-refractivity contribution in [2.75, 3.05) is 26.2 Å². The first-order valence-electron chi connectivity index (χ1n) is 12.1. The van der Waals surface area contributed by atoms with E-state index in [9.17, 15) is 0 Å². The van der Waals surface area contributed by atoms with Gasteiger partial charge in [0.05, 0.1) is 0 Å². The second-order valence-electron chi connectivity index (χ2n) is 8.87. The molecular formula is C30H35Cl2N2SiTi. The minimum Gasteiger partial charge on any atom is -1.00 e. The molecule has 2 nitrogen and oxygen atoms in total. The van der Waals surface area contributed by atoms with E-state index >= 15 is 0 Å². The summed E-state index contributed by atoms with van der Waals surface area (Å²) in [5.41, 5.74) is 5.81. The number of hydrogen-bond acceptors (Lipinski definition) is 2. The van der Waals surface area contributed by atoms with Crippen molar-refractivity contribution in [2.45, 2.75) is 8.45 Å². The number of benzene rings is 2. The molecule has 2 atom stereocenters. The second-order valence-corrected chi connectivity index (χ2v) is 19.7. The molecule has 0 heterocycles. The predicted molar refractivity (Wildman–Crippen MR) is 148 cm³/mol. The molecule has 187 valence electrons. The summed E-state index contributed by atoms with van der Waals surface area (Å²) in [6.45, 7) is 18.4. The van der Waals surface area contributed by atoms with E-state index in [1.165, 1.54) is 22.3 Å². The van der Waals surface area contributed by atoms with Crippen molar-refractivity contribution in [2.24, 2.45) is 0 Å². The molecular weight excluding hydrogens is 535 g/mol. The topological polar surface area (TPSA) is 6.48 Å². The summed E-state index contributed by atoms with van der Waals surface area (Å²) in [6.07, 6.45) is 18.0. The Labute approximate surface area is 237 Å². The Morgan fingerprint density at radius 1 is 0.639 bits per heavy atom. The Balaban J connectivity index is 0.00000228. The van der Waals surface area contributed by atoms with Gasteiger partial charge in [0, 0.05) is 0 Å². The van der Waals surface area contributed by atoms with Gasteiger partial charge in [-0.05, 0) is 0 Å². The van der Waals surface area contributed by atoms with Gasteiger partial charge in [-0.2, -0.15) is 0 Å². The van der Waals surface area contributed by atoms with Crippen LogP contribution in [0, 0.1) is 0 Å². The van der Waals surface area contributed by atoms with E-state index in [4.69, 9.17) is 0 Å². The van der Waals surface area contributed by atoms with Crippen LogP contribution < -0.4 is 24.8 Å². The molecule has 2 aromatic carbocycles. The molecule has 6 heteroatoms. The molecule has 2 unspecified atom stereocenters. The summed E-state index contributed by atoms with van der Waals surface area (Å²) in [4.78, 5) is 0. The second kappa shape index (κ2) is 14.9. The maximum atomic E-state index is 4.12. The van der Waals surface area contributed by atoms with Crippen molar-refractivity contribution in [3.05, 3.63) is 134 Å². The van der Waals surface area contributed by atoms with Gasteiger partial charge in [0.2, 0.25) is 0 Å².